The molecule has 2 aromatic heterocycles. The number of imidazole rings is 1. The molecule has 5 heteroatoms. The van der Waals surface area contributed by atoms with Gasteiger partial charge in [0.2, 0.25) is 0 Å². The van der Waals surface area contributed by atoms with E-state index in [1.165, 1.54) is 11.1 Å². The lowest BCUT2D eigenvalue weighted by molar-refractivity contribution is 0.393. The minimum absolute atomic E-state index is 0.122. The van der Waals surface area contributed by atoms with E-state index in [1.54, 1.807) is 11.6 Å². The fourth-order valence-electron chi connectivity index (χ4n) is 3.86. The smallest absolute Gasteiger partial charge is 0.326 e. The van der Waals surface area contributed by atoms with Crippen molar-refractivity contribution in [1.82, 2.24) is 14.7 Å². The van der Waals surface area contributed by atoms with Crippen LogP contribution in [0.2, 0.25) is 0 Å². The summed E-state index contributed by atoms with van der Waals surface area (Å²) < 4.78 is 7.03. The Morgan fingerprint density at radius 1 is 1.04 bits per heavy atom. The zero-order chi connectivity index (χ0) is 18.6. The molecule has 0 aliphatic carbocycles. The van der Waals surface area contributed by atoms with Crippen LogP contribution in [0.15, 0.2) is 39.6 Å². The van der Waals surface area contributed by atoms with Crippen LogP contribution in [0.5, 0.6) is 0 Å². The number of rotatable bonds is 2. The second-order valence-electron chi connectivity index (χ2n) is 6.88. The summed E-state index contributed by atoms with van der Waals surface area (Å²) in [4.78, 5) is 15.3. The van der Waals surface area contributed by atoms with E-state index >= 15 is 0 Å². The largest absolute Gasteiger partial charge is 0.361 e. The van der Waals surface area contributed by atoms with E-state index in [-0.39, 0.29) is 5.69 Å². The van der Waals surface area contributed by atoms with Crippen molar-refractivity contribution in [2.75, 3.05) is 0 Å². The lowest BCUT2D eigenvalue weighted by Gasteiger charge is -2.14. The summed E-state index contributed by atoms with van der Waals surface area (Å²) in [5, 5.41) is 4.08. The first-order valence-corrected chi connectivity index (χ1v) is 8.61. The van der Waals surface area contributed by atoms with Gasteiger partial charge in [-0.3, -0.25) is 4.57 Å². The van der Waals surface area contributed by atoms with Gasteiger partial charge in [-0.25, -0.2) is 4.79 Å². The number of benzene rings is 2. The van der Waals surface area contributed by atoms with Gasteiger partial charge in [0.15, 0.2) is 0 Å². The van der Waals surface area contributed by atoms with E-state index in [4.69, 9.17) is 4.52 Å². The zero-order valence-electron chi connectivity index (χ0n) is 15.6. The van der Waals surface area contributed by atoms with Crippen molar-refractivity contribution in [2.45, 2.75) is 27.7 Å². The molecule has 26 heavy (non-hydrogen) atoms. The van der Waals surface area contributed by atoms with E-state index in [0.717, 1.165) is 44.7 Å². The standard InChI is InChI=1S/C21H21N3O2/c1-11-7-6-8-12(2)18(11)16-9-15(19-13(3)23-26-14(19)4)10-17-20(16)24(5)21(25)22-17/h6-10H,1-5H3,(H,22,25). The van der Waals surface area contributed by atoms with Crippen LogP contribution in [-0.4, -0.2) is 14.7 Å². The summed E-state index contributed by atoms with van der Waals surface area (Å²) in [6.45, 7) is 8.04. The van der Waals surface area contributed by atoms with Crippen molar-refractivity contribution in [2.24, 2.45) is 7.05 Å². The quantitative estimate of drug-likeness (QED) is 0.584. The van der Waals surface area contributed by atoms with Gasteiger partial charge >= 0.3 is 5.69 Å². The van der Waals surface area contributed by atoms with Gasteiger partial charge in [-0.05, 0) is 62.1 Å². The summed E-state index contributed by atoms with van der Waals surface area (Å²) in [6.07, 6.45) is 0. The van der Waals surface area contributed by atoms with Gasteiger partial charge < -0.3 is 9.51 Å². The Balaban J connectivity index is 2.16. The van der Waals surface area contributed by atoms with Crippen LogP contribution in [0, 0.1) is 27.7 Å². The molecule has 0 atom stereocenters. The predicted octanol–water partition coefficient (Wildman–Crippen LogP) is 4.42. The molecule has 2 aromatic carbocycles. The molecule has 2 heterocycles. The first-order chi connectivity index (χ1) is 12.4. The van der Waals surface area contributed by atoms with Gasteiger partial charge in [0, 0.05) is 18.2 Å². The molecule has 0 spiro atoms. The third-order valence-corrected chi connectivity index (χ3v) is 5.06. The van der Waals surface area contributed by atoms with Crippen LogP contribution in [0.4, 0.5) is 0 Å². The minimum Gasteiger partial charge on any atom is -0.361 e. The highest BCUT2D eigenvalue weighted by Gasteiger charge is 2.19. The van der Waals surface area contributed by atoms with Crippen LogP contribution in [-0.2, 0) is 7.05 Å². The van der Waals surface area contributed by atoms with Crippen molar-refractivity contribution in [3.63, 3.8) is 0 Å². The Bertz CT molecular complexity index is 1170. The molecule has 0 saturated carbocycles. The van der Waals surface area contributed by atoms with Crippen LogP contribution >= 0.6 is 0 Å². The van der Waals surface area contributed by atoms with Crippen molar-refractivity contribution in [3.05, 3.63) is 63.4 Å². The monoisotopic (exact) mass is 347 g/mol. The zero-order valence-corrected chi connectivity index (χ0v) is 15.6. The first kappa shape index (κ1) is 16.4. The molecule has 0 saturated heterocycles. The van der Waals surface area contributed by atoms with Crippen LogP contribution < -0.4 is 5.69 Å². The second kappa shape index (κ2) is 5.73. The van der Waals surface area contributed by atoms with Crippen molar-refractivity contribution in [1.29, 1.82) is 0 Å². The van der Waals surface area contributed by atoms with E-state index < -0.39 is 0 Å². The molecular formula is C21H21N3O2. The third-order valence-electron chi connectivity index (χ3n) is 5.06. The maximum atomic E-state index is 12.3. The number of nitrogens with one attached hydrogen (secondary N) is 1. The first-order valence-electron chi connectivity index (χ1n) is 8.61. The normalized spacial score (nSPS) is 11.4. The lowest BCUT2D eigenvalue weighted by atomic mass is 9.91. The number of H-pyrrole nitrogens is 1. The SMILES string of the molecule is Cc1cccc(C)c1-c1cc(-c2c(C)noc2C)cc2[nH]c(=O)n(C)c12. The van der Waals surface area contributed by atoms with Gasteiger partial charge in [-0.15, -0.1) is 0 Å². The summed E-state index contributed by atoms with van der Waals surface area (Å²) in [5.74, 6) is 0.771. The van der Waals surface area contributed by atoms with Crippen LogP contribution in [0.3, 0.4) is 0 Å². The summed E-state index contributed by atoms with van der Waals surface area (Å²) in [7, 11) is 1.80. The summed E-state index contributed by atoms with van der Waals surface area (Å²) in [6, 6.07) is 10.4. The molecule has 132 valence electrons. The number of nitrogens with zero attached hydrogens (tertiary/aromatic N) is 2. The van der Waals surface area contributed by atoms with E-state index in [1.807, 2.05) is 19.9 Å². The highest BCUT2D eigenvalue weighted by Crippen LogP contribution is 2.37. The van der Waals surface area contributed by atoms with E-state index in [0.29, 0.717) is 0 Å². The van der Waals surface area contributed by atoms with Crippen LogP contribution in [0.25, 0.3) is 33.3 Å². The van der Waals surface area contributed by atoms with Gasteiger partial charge in [-0.1, -0.05) is 23.4 Å². The molecule has 4 rings (SSSR count). The number of hydrogen-bond acceptors (Lipinski definition) is 3. The molecule has 0 fully saturated rings. The Labute approximate surface area is 151 Å². The van der Waals surface area contributed by atoms with Gasteiger partial charge in [-0.2, -0.15) is 0 Å². The fraction of sp³-hybridized carbons (Fsp3) is 0.238. The third kappa shape index (κ3) is 2.31. The molecule has 0 unspecified atom stereocenters. The van der Waals surface area contributed by atoms with Gasteiger partial charge in [0.25, 0.3) is 0 Å². The van der Waals surface area contributed by atoms with Gasteiger partial charge in [0.05, 0.1) is 16.7 Å². The van der Waals surface area contributed by atoms with Crippen LogP contribution in [0.1, 0.15) is 22.6 Å². The maximum absolute atomic E-state index is 12.3. The summed E-state index contributed by atoms with van der Waals surface area (Å²) >= 11 is 0. The lowest BCUT2D eigenvalue weighted by Crippen LogP contribution is -2.12. The molecule has 0 amide bonds. The van der Waals surface area contributed by atoms with Gasteiger partial charge in [0.1, 0.15) is 5.76 Å². The number of fused-ring (bicyclic) bond motifs is 1. The number of aromatic amines is 1. The Morgan fingerprint density at radius 3 is 2.35 bits per heavy atom. The molecule has 4 aromatic rings. The number of hydrogen-bond donors (Lipinski definition) is 1. The average molecular weight is 347 g/mol. The van der Waals surface area contributed by atoms with Crippen molar-refractivity contribution >= 4 is 11.0 Å². The second-order valence-corrected chi connectivity index (χ2v) is 6.88. The maximum Gasteiger partial charge on any atom is 0.326 e. The fourth-order valence-corrected chi connectivity index (χ4v) is 3.86. The topological polar surface area (TPSA) is 63.8 Å². The van der Waals surface area contributed by atoms with E-state index in [9.17, 15) is 4.79 Å². The van der Waals surface area contributed by atoms with Crippen molar-refractivity contribution in [3.8, 4) is 22.3 Å². The highest BCUT2D eigenvalue weighted by molar-refractivity contribution is 5.98. The average Bonchev–Trinajstić information content (AvgIpc) is 3.06. The Hall–Kier alpha value is -3.08. The van der Waals surface area contributed by atoms with Crippen molar-refractivity contribution < 1.29 is 4.52 Å². The molecule has 5 nitrogen and oxygen atoms in total. The minimum atomic E-state index is -0.122. The summed E-state index contributed by atoms with van der Waals surface area (Å²) in [5.41, 5.74) is 8.95. The molecule has 1 N–H and O–H groups in total. The molecule has 0 aliphatic rings. The molecule has 0 radical (unpaired) electrons. The highest BCUT2D eigenvalue weighted by atomic mass is 16.5. The van der Waals surface area contributed by atoms with E-state index in [2.05, 4.69) is 48.3 Å². The molecule has 0 aliphatic heterocycles. The Kier molecular flexibility index (Phi) is 3.61. The Morgan fingerprint density at radius 2 is 1.73 bits per heavy atom. The molecular weight excluding hydrogens is 326 g/mol. The number of aromatic nitrogens is 3. The number of aryl methyl sites for hydroxylation is 5. The molecule has 0 bridgehead atoms. The predicted molar refractivity (Wildman–Crippen MR) is 103 cm³/mol.